The lowest BCUT2D eigenvalue weighted by Gasteiger charge is -2.26. The Labute approximate surface area is 201 Å². The zero-order valence-electron chi connectivity index (χ0n) is 17.1. The SMILES string of the molecule is COc1ccc(Cl)cc1N(CC(=O)Nc1cc(Cl)cc(Cl)c1)S(=O)(=O)c1ccc(C)cc1. The number of aryl methyl sites for hydroxylation is 1. The van der Waals surface area contributed by atoms with Crippen LogP contribution in [0.3, 0.4) is 0 Å². The molecule has 0 saturated carbocycles. The van der Waals surface area contributed by atoms with Gasteiger partial charge in [0, 0.05) is 20.8 Å². The molecule has 0 atom stereocenters. The predicted octanol–water partition coefficient (Wildman–Crippen LogP) is 5.80. The minimum Gasteiger partial charge on any atom is -0.495 e. The van der Waals surface area contributed by atoms with E-state index in [1.54, 1.807) is 18.2 Å². The van der Waals surface area contributed by atoms with Gasteiger partial charge in [-0.15, -0.1) is 0 Å². The Balaban J connectivity index is 2.03. The van der Waals surface area contributed by atoms with E-state index in [2.05, 4.69) is 5.32 Å². The highest BCUT2D eigenvalue weighted by molar-refractivity contribution is 7.92. The molecule has 0 heterocycles. The van der Waals surface area contributed by atoms with E-state index in [9.17, 15) is 13.2 Å². The molecule has 1 N–H and O–H groups in total. The van der Waals surface area contributed by atoms with Crippen molar-refractivity contribution in [2.45, 2.75) is 11.8 Å². The summed E-state index contributed by atoms with van der Waals surface area (Å²) in [5.74, 6) is -0.371. The summed E-state index contributed by atoms with van der Waals surface area (Å²) in [6, 6.07) is 15.3. The highest BCUT2D eigenvalue weighted by atomic mass is 35.5. The lowest BCUT2D eigenvalue weighted by atomic mass is 10.2. The average molecular weight is 514 g/mol. The van der Waals surface area contributed by atoms with Gasteiger partial charge < -0.3 is 10.1 Å². The lowest BCUT2D eigenvalue weighted by Crippen LogP contribution is -2.38. The Morgan fingerprint density at radius 2 is 1.56 bits per heavy atom. The fraction of sp³-hybridized carbons (Fsp3) is 0.136. The largest absolute Gasteiger partial charge is 0.495 e. The van der Waals surface area contributed by atoms with Crippen LogP contribution in [0.25, 0.3) is 0 Å². The van der Waals surface area contributed by atoms with Crippen molar-refractivity contribution in [1.29, 1.82) is 0 Å². The van der Waals surface area contributed by atoms with E-state index in [1.165, 1.54) is 49.6 Å². The average Bonchev–Trinajstić information content (AvgIpc) is 2.71. The van der Waals surface area contributed by atoms with Crippen molar-refractivity contribution in [3.8, 4) is 5.75 Å². The number of methoxy groups -OCH3 is 1. The number of amides is 1. The van der Waals surface area contributed by atoms with Gasteiger partial charge in [0.2, 0.25) is 5.91 Å². The molecule has 3 aromatic carbocycles. The molecule has 0 saturated heterocycles. The van der Waals surface area contributed by atoms with Crippen LogP contribution in [0.2, 0.25) is 15.1 Å². The molecule has 0 radical (unpaired) electrons. The van der Waals surface area contributed by atoms with Crippen molar-refractivity contribution in [3.05, 3.63) is 81.3 Å². The summed E-state index contributed by atoms with van der Waals surface area (Å²) in [6.07, 6.45) is 0. The monoisotopic (exact) mass is 512 g/mol. The summed E-state index contributed by atoms with van der Waals surface area (Å²) in [5, 5.41) is 3.56. The molecule has 0 fully saturated rings. The minimum absolute atomic E-state index is 0.0173. The molecule has 0 spiro atoms. The molecule has 0 unspecified atom stereocenters. The zero-order valence-corrected chi connectivity index (χ0v) is 20.2. The summed E-state index contributed by atoms with van der Waals surface area (Å²) in [4.78, 5) is 12.9. The van der Waals surface area contributed by atoms with Crippen molar-refractivity contribution >= 4 is 62.1 Å². The lowest BCUT2D eigenvalue weighted by molar-refractivity contribution is -0.114. The summed E-state index contributed by atoms with van der Waals surface area (Å²) < 4.78 is 33.3. The van der Waals surface area contributed by atoms with Crippen LogP contribution in [-0.2, 0) is 14.8 Å². The van der Waals surface area contributed by atoms with Crippen LogP contribution in [0.15, 0.2) is 65.6 Å². The number of ether oxygens (including phenoxy) is 1. The molecule has 3 rings (SSSR count). The summed E-state index contributed by atoms with van der Waals surface area (Å²) in [6.45, 7) is 1.30. The standard InChI is InChI=1S/C22H19Cl3N2O4S/c1-14-3-6-19(7-4-14)32(29,30)27(20-12-15(23)5-8-21(20)31-2)13-22(28)26-18-10-16(24)9-17(25)11-18/h3-12H,13H2,1-2H3,(H,26,28). The normalized spacial score (nSPS) is 11.2. The van der Waals surface area contributed by atoms with Gasteiger partial charge in [-0.1, -0.05) is 52.5 Å². The zero-order chi connectivity index (χ0) is 23.5. The van der Waals surface area contributed by atoms with Gasteiger partial charge in [-0.25, -0.2) is 8.42 Å². The highest BCUT2D eigenvalue weighted by Gasteiger charge is 2.29. The Bertz CT molecular complexity index is 1230. The molecular formula is C22H19Cl3N2O4S. The van der Waals surface area contributed by atoms with Gasteiger partial charge >= 0.3 is 0 Å². The van der Waals surface area contributed by atoms with Gasteiger partial charge in [0.15, 0.2) is 0 Å². The number of carbonyl (C=O) groups is 1. The van der Waals surface area contributed by atoms with E-state index < -0.39 is 22.5 Å². The molecule has 6 nitrogen and oxygen atoms in total. The third kappa shape index (κ3) is 5.66. The van der Waals surface area contributed by atoms with Crippen LogP contribution in [0, 0.1) is 6.92 Å². The summed E-state index contributed by atoms with van der Waals surface area (Å²) >= 11 is 18.1. The Morgan fingerprint density at radius 1 is 0.938 bits per heavy atom. The maximum Gasteiger partial charge on any atom is 0.264 e. The number of anilines is 2. The van der Waals surface area contributed by atoms with E-state index in [0.717, 1.165) is 9.87 Å². The minimum atomic E-state index is -4.14. The number of hydrogen-bond acceptors (Lipinski definition) is 4. The number of carbonyl (C=O) groups excluding carboxylic acids is 1. The molecule has 10 heteroatoms. The number of halogens is 3. The third-order valence-electron chi connectivity index (χ3n) is 4.45. The van der Waals surface area contributed by atoms with Crippen molar-refractivity contribution in [2.75, 3.05) is 23.3 Å². The first-order chi connectivity index (χ1) is 15.1. The number of sulfonamides is 1. The molecule has 168 valence electrons. The van der Waals surface area contributed by atoms with Crippen molar-refractivity contribution in [2.24, 2.45) is 0 Å². The van der Waals surface area contributed by atoms with E-state index in [4.69, 9.17) is 39.5 Å². The van der Waals surface area contributed by atoms with E-state index in [0.29, 0.717) is 15.7 Å². The number of rotatable bonds is 7. The molecular weight excluding hydrogens is 495 g/mol. The van der Waals surface area contributed by atoms with Crippen LogP contribution in [0.4, 0.5) is 11.4 Å². The van der Waals surface area contributed by atoms with Gasteiger partial charge in [0.05, 0.1) is 17.7 Å². The van der Waals surface area contributed by atoms with Crippen molar-refractivity contribution < 1.29 is 17.9 Å². The van der Waals surface area contributed by atoms with Gasteiger partial charge in [-0.05, 0) is 55.5 Å². The van der Waals surface area contributed by atoms with Crippen LogP contribution in [-0.4, -0.2) is 28.0 Å². The first-order valence-corrected chi connectivity index (χ1v) is 11.9. The van der Waals surface area contributed by atoms with E-state index >= 15 is 0 Å². The van der Waals surface area contributed by atoms with Crippen molar-refractivity contribution in [3.63, 3.8) is 0 Å². The molecule has 32 heavy (non-hydrogen) atoms. The number of benzene rings is 3. The van der Waals surface area contributed by atoms with Gasteiger partial charge in [0.25, 0.3) is 10.0 Å². The van der Waals surface area contributed by atoms with Crippen molar-refractivity contribution in [1.82, 2.24) is 0 Å². The number of hydrogen-bond donors (Lipinski definition) is 1. The van der Waals surface area contributed by atoms with Gasteiger partial charge in [-0.2, -0.15) is 0 Å². The maximum atomic E-state index is 13.5. The molecule has 0 aromatic heterocycles. The van der Waals surface area contributed by atoms with Gasteiger partial charge in [-0.3, -0.25) is 9.10 Å². The summed E-state index contributed by atoms with van der Waals surface area (Å²) in [5.41, 5.74) is 1.35. The highest BCUT2D eigenvalue weighted by Crippen LogP contribution is 2.35. The fourth-order valence-electron chi connectivity index (χ4n) is 2.95. The predicted molar refractivity (Wildman–Crippen MR) is 129 cm³/mol. The molecule has 0 bridgehead atoms. The molecule has 1 amide bonds. The second kappa shape index (κ2) is 10.0. The van der Waals surface area contributed by atoms with E-state index in [-0.39, 0.29) is 21.4 Å². The Kier molecular flexibility index (Phi) is 7.56. The van der Waals surface area contributed by atoms with Crippen LogP contribution >= 0.6 is 34.8 Å². The van der Waals surface area contributed by atoms with Crippen LogP contribution in [0.1, 0.15) is 5.56 Å². The van der Waals surface area contributed by atoms with E-state index in [1.807, 2.05) is 6.92 Å². The molecule has 3 aromatic rings. The first kappa shape index (κ1) is 24.2. The molecule has 0 aliphatic carbocycles. The van der Waals surface area contributed by atoms with Gasteiger partial charge in [0.1, 0.15) is 12.3 Å². The Hall–Kier alpha value is -2.45. The first-order valence-electron chi connectivity index (χ1n) is 9.29. The van der Waals surface area contributed by atoms with Crippen LogP contribution < -0.4 is 14.4 Å². The third-order valence-corrected chi connectivity index (χ3v) is 6.90. The Morgan fingerprint density at radius 3 is 2.16 bits per heavy atom. The molecule has 0 aliphatic rings. The fourth-order valence-corrected chi connectivity index (χ4v) is 5.07. The quantitative estimate of drug-likeness (QED) is 0.433. The molecule has 0 aliphatic heterocycles. The number of nitrogens with one attached hydrogen (secondary N) is 1. The smallest absolute Gasteiger partial charge is 0.264 e. The second-order valence-electron chi connectivity index (χ2n) is 6.85. The topological polar surface area (TPSA) is 75.7 Å². The number of nitrogens with zero attached hydrogens (tertiary/aromatic N) is 1. The summed E-state index contributed by atoms with van der Waals surface area (Å²) in [7, 11) is -2.74. The van der Waals surface area contributed by atoms with Crippen LogP contribution in [0.5, 0.6) is 5.75 Å². The second-order valence-corrected chi connectivity index (χ2v) is 10.0. The maximum absolute atomic E-state index is 13.5.